The van der Waals surface area contributed by atoms with E-state index in [1.165, 1.54) is 83.5 Å². The molecule has 0 saturated carbocycles. The lowest BCUT2D eigenvalue weighted by Gasteiger charge is -2.24. The van der Waals surface area contributed by atoms with Crippen LogP contribution in [0.4, 0.5) is 0 Å². The van der Waals surface area contributed by atoms with Gasteiger partial charge in [0.25, 0.3) is 0 Å². The average molecular weight is 1210 g/mol. The number of hydrogen-bond donors (Lipinski definition) is 6. The van der Waals surface area contributed by atoms with E-state index in [1.807, 2.05) is 0 Å². The fourth-order valence-corrected chi connectivity index (χ4v) is 11.7. The zero-order valence-electron chi connectivity index (χ0n) is 55.8. The summed E-state index contributed by atoms with van der Waals surface area (Å²) >= 11 is 0. The first-order valence-corrected chi connectivity index (χ1v) is 36.5. The van der Waals surface area contributed by atoms with Crippen molar-refractivity contribution < 1.29 is 64.0 Å². The van der Waals surface area contributed by atoms with Crippen LogP contribution in [-0.2, 0) is 33.4 Å². The summed E-state index contributed by atoms with van der Waals surface area (Å²) in [6, 6.07) is 0. The average Bonchev–Trinajstić information content (AvgIpc) is 3.50. The van der Waals surface area contributed by atoms with Crippen LogP contribution >= 0.6 is 0 Å². The number of carbonyl (C=O) groups is 4. The number of esters is 3. The number of aliphatic carboxylic acids is 1. The van der Waals surface area contributed by atoms with Gasteiger partial charge in [-0.2, -0.15) is 0 Å². The van der Waals surface area contributed by atoms with Crippen LogP contribution in [0.1, 0.15) is 387 Å². The molecule has 0 saturated heterocycles. The first-order chi connectivity index (χ1) is 41.3. The minimum atomic E-state index is -0.769. The standard InChI is InChI=1S/C72H138O13/c1-5-9-13-17-25-37-49-61(73)62(74)50-38-29-21-34-46-58-70(80)84-67(64(76)52-40-27-19-15-11-7-3)55-43-31-23-36-48-60-72(82)85-68(65(77)53-41-28-20-16-12-8-4)56-44-32-24-35-47-59-71(81)83-66(54-42-30-22-33-45-57-69(78)79)63(75)51-39-26-18-14-10-6-2/h61-68,73-77H,5-60H2,1-4H3,(H,78,79). The van der Waals surface area contributed by atoms with E-state index >= 15 is 0 Å². The Hall–Kier alpha value is -2.32. The largest absolute Gasteiger partial charge is 0.481 e. The van der Waals surface area contributed by atoms with Crippen molar-refractivity contribution in [1.82, 2.24) is 0 Å². The van der Waals surface area contributed by atoms with Crippen LogP contribution in [0.2, 0.25) is 0 Å². The van der Waals surface area contributed by atoms with Crippen molar-refractivity contribution >= 4 is 23.9 Å². The van der Waals surface area contributed by atoms with Gasteiger partial charge in [-0.05, 0) is 96.3 Å². The van der Waals surface area contributed by atoms with Crippen LogP contribution in [0, 0.1) is 0 Å². The first kappa shape index (κ1) is 82.7. The number of ether oxygens (including phenoxy) is 3. The molecule has 0 aliphatic rings. The lowest BCUT2D eigenvalue weighted by Crippen LogP contribution is -2.31. The van der Waals surface area contributed by atoms with Gasteiger partial charge in [0.2, 0.25) is 0 Å². The third-order valence-corrected chi connectivity index (χ3v) is 17.5. The number of carboxylic acids is 1. The molecule has 0 rings (SSSR count). The van der Waals surface area contributed by atoms with Gasteiger partial charge in [-0.25, -0.2) is 0 Å². The fourth-order valence-electron chi connectivity index (χ4n) is 11.7. The smallest absolute Gasteiger partial charge is 0.306 e. The highest BCUT2D eigenvalue weighted by atomic mass is 16.6. The maximum Gasteiger partial charge on any atom is 0.306 e. The van der Waals surface area contributed by atoms with Crippen molar-refractivity contribution in [3.05, 3.63) is 0 Å². The van der Waals surface area contributed by atoms with E-state index in [4.69, 9.17) is 19.3 Å². The van der Waals surface area contributed by atoms with Crippen LogP contribution in [0.3, 0.4) is 0 Å². The van der Waals surface area contributed by atoms with Crippen LogP contribution in [0.25, 0.3) is 0 Å². The highest BCUT2D eigenvalue weighted by molar-refractivity contribution is 5.70. The SMILES string of the molecule is CCCCCCCCC(O)C(O)CCCCCCCC(=O)OC(CCCCCCCC(=O)OC(CCCCCCCC(=O)OC(CCCCCCCC(=O)O)C(O)CCCCCCCC)C(O)CCCCCCCC)C(O)CCCCCCCC. The molecule has 85 heavy (non-hydrogen) atoms. The maximum absolute atomic E-state index is 13.3. The summed E-state index contributed by atoms with van der Waals surface area (Å²) in [5.74, 6) is -1.56. The van der Waals surface area contributed by atoms with E-state index in [0.717, 1.165) is 180 Å². The van der Waals surface area contributed by atoms with Gasteiger partial charge in [-0.3, -0.25) is 19.2 Å². The summed E-state index contributed by atoms with van der Waals surface area (Å²) in [5, 5.41) is 63.4. The first-order valence-electron chi connectivity index (χ1n) is 36.5. The number of hydrogen-bond acceptors (Lipinski definition) is 12. The van der Waals surface area contributed by atoms with Crippen molar-refractivity contribution in [3.63, 3.8) is 0 Å². The molecule has 0 aromatic heterocycles. The van der Waals surface area contributed by atoms with Crippen molar-refractivity contribution in [2.24, 2.45) is 0 Å². The molecule has 0 spiro atoms. The quantitative estimate of drug-likeness (QED) is 0.0190. The number of unbranched alkanes of at least 4 members (excludes halogenated alkanes) is 36. The molecule has 8 unspecified atom stereocenters. The van der Waals surface area contributed by atoms with Gasteiger partial charge in [0.05, 0.1) is 30.5 Å². The Morgan fingerprint density at radius 3 is 0.635 bits per heavy atom. The minimum Gasteiger partial charge on any atom is -0.481 e. The van der Waals surface area contributed by atoms with Gasteiger partial charge in [-0.1, -0.05) is 265 Å². The van der Waals surface area contributed by atoms with Crippen molar-refractivity contribution in [1.29, 1.82) is 0 Å². The number of aliphatic hydroxyl groups excluding tert-OH is 5. The molecule has 0 aromatic rings. The summed E-state index contributed by atoms with van der Waals surface area (Å²) in [6.45, 7) is 8.81. The molecule has 8 atom stereocenters. The van der Waals surface area contributed by atoms with Crippen LogP contribution < -0.4 is 0 Å². The van der Waals surface area contributed by atoms with E-state index < -0.39 is 54.8 Å². The molecule has 504 valence electrons. The molecule has 0 radical (unpaired) electrons. The highest BCUT2D eigenvalue weighted by Crippen LogP contribution is 2.24. The summed E-state index contributed by atoms with van der Waals surface area (Å²) in [6.07, 6.45) is 45.1. The Balaban J connectivity index is 5.02. The molecule has 0 fully saturated rings. The van der Waals surface area contributed by atoms with Gasteiger partial charge < -0.3 is 44.8 Å². The third-order valence-electron chi connectivity index (χ3n) is 17.5. The maximum atomic E-state index is 13.3. The molecule has 6 N–H and O–H groups in total. The van der Waals surface area contributed by atoms with Crippen LogP contribution in [0.15, 0.2) is 0 Å². The molecular formula is C72H138O13. The van der Waals surface area contributed by atoms with E-state index in [2.05, 4.69) is 27.7 Å². The second-order valence-electron chi connectivity index (χ2n) is 25.8. The van der Waals surface area contributed by atoms with E-state index in [0.29, 0.717) is 89.9 Å². The molecule has 13 nitrogen and oxygen atoms in total. The van der Waals surface area contributed by atoms with Crippen molar-refractivity contribution in [2.75, 3.05) is 0 Å². The Kier molecular flexibility index (Phi) is 60.2. The normalized spacial score (nSPS) is 14.6. The topological polar surface area (TPSA) is 217 Å². The zero-order valence-corrected chi connectivity index (χ0v) is 55.8. The fraction of sp³-hybridized carbons (Fsp3) is 0.944. The van der Waals surface area contributed by atoms with Crippen LogP contribution in [0.5, 0.6) is 0 Å². The van der Waals surface area contributed by atoms with Crippen molar-refractivity contribution in [2.45, 2.75) is 436 Å². The number of rotatable bonds is 67. The van der Waals surface area contributed by atoms with Gasteiger partial charge >= 0.3 is 23.9 Å². The van der Waals surface area contributed by atoms with Gasteiger partial charge in [0.15, 0.2) is 0 Å². The lowest BCUT2D eigenvalue weighted by atomic mass is 9.99. The predicted octanol–water partition coefficient (Wildman–Crippen LogP) is 18.5. The Labute approximate surface area is 521 Å². The lowest BCUT2D eigenvalue weighted by molar-refractivity contribution is -0.157. The second kappa shape index (κ2) is 61.9. The summed E-state index contributed by atoms with van der Waals surface area (Å²) < 4.78 is 17.9. The Morgan fingerprint density at radius 1 is 0.235 bits per heavy atom. The summed E-state index contributed by atoms with van der Waals surface area (Å²) in [7, 11) is 0. The number of carboxylic acid groups (broad SMARTS) is 1. The molecular weight excluding hydrogens is 1070 g/mol. The predicted molar refractivity (Wildman–Crippen MR) is 349 cm³/mol. The van der Waals surface area contributed by atoms with E-state index in [-0.39, 0.29) is 24.3 Å². The molecule has 0 heterocycles. The summed E-state index contributed by atoms with van der Waals surface area (Å²) in [4.78, 5) is 50.2. The third kappa shape index (κ3) is 54.4. The number of aliphatic hydroxyl groups is 5. The van der Waals surface area contributed by atoms with Gasteiger partial charge in [-0.15, -0.1) is 0 Å². The molecule has 0 amide bonds. The molecule has 0 aliphatic heterocycles. The molecule has 0 aliphatic carbocycles. The molecule has 13 heteroatoms. The van der Waals surface area contributed by atoms with Gasteiger partial charge in [0, 0.05) is 25.7 Å². The Morgan fingerprint density at radius 2 is 0.412 bits per heavy atom. The van der Waals surface area contributed by atoms with Gasteiger partial charge in [0.1, 0.15) is 18.3 Å². The summed E-state index contributed by atoms with van der Waals surface area (Å²) in [5.41, 5.74) is 0. The van der Waals surface area contributed by atoms with E-state index in [9.17, 15) is 44.7 Å². The molecule has 0 aromatic carbocycles. The second-order valence-corrected chi connectivity index (χ2v) is 25.8. The Bertz CT molecular complexity index is 1480. The number of carbonyl (C=O) groups excluding carboxylic acids is 3. The van der Waals surface area contributed by atoms with Crippen LogP contribution in [-0.4, -0.2) is 103 Å². The minimum absolute atomic E-state index is 0.185. The van der Waals surface area contributed by atoms with Crippen molar-refractivity contribution in [3.8, 4) is 0 Å². The highest BCUT2D eigenvalue weighted by Gasteiger charge is 2.26. The van der Waals surface area contributed by atoms with E-state index in [1.54, 1.807) is 0 Å². The zero-order chi connectivity index (χ0) is 62.6. The molecule has 0 bridgehead atoms. The monoisotopic (exact) mass is 1210 g/mol.